The van der Waals surface area contributed by atoms with Gasteiger partial charge in [-0.25, -0.2) is 9.97 Å². The van der Waals surface area contributed by atoms with E-state index in [9.17, 15) is 4.79 Å². The van der Waals surface area contributed by atoms with Crippen LogP contribution < -0.4 is 5.32 Å². The highest BCUT2D eigenvalue weighted by Gasteiger charge is 2.33. The Labute approximate surface area is 142 Å². The third-order valence-corrected chi connectivity index (χ3v) is 4.66. The van der Waals surface area contributed by atoms with Gasteiger partial charge in [-0.05, 0) is 32.8 Å². The fraction of sp³-hybridized carbons (Fsp3) is 0.529. The summed E-state index contributed by atoms with van der Waals surface area (Å²) in [4.78, 5) is 22.9. The van der Waals surface area contributed by atoms with Crippen LogP contribution in [0.1, 0.15) is 42.3 Å². The molecule has 7 nitrogen and oxygen atoms in total. The van der Waals surface area contributed by atoms with Crippen LogP contribution in [0.5, 0.6) is 0 Å². The molecule has 1 unspecified atom stereocenters. The third kappa shape index (κ3) is 3.25. The minimum absolute atomic E-state index is 0.152. The topological polar surface area (TPSA) is 75.9 Å². The molecule has 1 aliphatic rings. The number of carbonyl (C=O) groups is 1. The normalized spacial score (nSPS) is 17.3. The number of nitrogens with zero attached hydrogens (tertiary/aromatic N) is 5. The number of likely N-dealkylation sites (tertiary alicyclic amines) is 1. The molecule has 2 aromatic rings. The first-order valence-corrected chi connectivity index (χ1v) is 8.38. The average Bonchev–Trinajstić information content (AvgIpc) is 3.13. The Morgan fingerprint density at radius 3 is 2.75 bits per heavy atom. The Hall–Kier alpha value is -2.44. The average molecular weight is 328 g/mol. The lowest BCUT2D eigenvalue weighted by Crippen LogP contribution is -2.32. The van der Waals surface area contributed by atoms with Crippen LogP contribution in [0, 0.1) is 13.8 Å². The fourth-order valence-corrected chi connectivity index (χ4v) is 3.45. The molecule has 2 aromatic heterocycles. The van der Waals surface area contributed by atoms with Crippen molar-refractivity contribution in [1.29, 1.82) is 0 Å². The van der Waals surface area contributed by atoms with E-state index in [1.807, 2.05) is 23.6 Å². The number of rotatable bonds is 5. The number of hydrogen-bond donors (Lipinski definition) is 1. The molecule has 1 fully saturated rings. The molecule has 1 aliphatic heterocycles. The summed E-state index contributed by atoms with van der Waals surface area (Å²) in [6.07, 6.45) is 5.85. The van der Waals surface area contributed by atoms with Gasteiger partial charge in [-0.3, -0.25) is 9.48 Å². The zero-order chi connectivity index (χ0) is 17.1. The van der Waals surface area contributed by atoms with Crippen LogP contribution >= 0.6 is 0 Å². The summed E-state index contributed by atoms with van der Waals surface area (Å²) in [5.74, 6) is 0.728. The lowest BCUT2D eigenvalue weighted by Gasteiger charge is -2.25. The van der Waals surface area contributed by atoms with E-state index >= 15 is 0 Å². The minimum atomic E-state index is 0.152. The molecular formula is C17H24N6O. The highest BCUT2D eigenvalue weighted by molar-refractivity contribution is 5.77. The van der Waals surface area contributed by atoms with Gasteiger partial charge in [-0.15, -0.1) is 0 Å². The van der Waals surface area contributed by atoms with E-state index in [4.69, 9.17) is 0 Å². The van der Waals surface area contributed by atoms with E-state index in [2.05, 4.69) is 27.3 Å². The summed E-state index contributed by atoms with van der Waals surface area (Å²) in [7, 11) is 1.96. The zero-order valence-electron chi connectivity index (χ0n) is 14.5. The van der Waals surface area contributed by atoms with Crippen molar-refractivity contribution < 1.29 is 4.79 Å². The molecule has 7 heteroatoms. The van der Waals surface area contributed by atoms with Gasteiger partial charge in [0.1, 0.15) is 0 Å². The molecule has 128 valence electrons. The SMILES string of the molecule is Cc1nn(C)c(C)c1C1CCCN1C(=O)CCNc1ncccn1. The summed E-state index contributed by atoms with van der Waals surface area (Å²) in [6.45, 7) is 5.46. The molecular weight excluding hydrogens is 304 g/mol. The fourth-order valence-electron chi connectivity index (χ4n) is 3.45. The smallest absolute Gasteiger partial charge is 0.224 e. The molecule has 1 N–H and O–H groups in total. The highest BCUT2D eigenvalue weighted by Crippen LogP contribution is 2.35. The van der Waals surface area contributed by atoms with Gasteiger partial charge < -0.3 is 10.2 Å². The number of aromatic nitrogens is 4. The van der Waals surface area contributed by atoms with Crippen molar-refractivity contribution in [2.45, 2.75) is 39.2 Å². The minimum Gasteiger partial charge on any atom is -0.354 e. The Balaban J connectivity index is 1.63. The molecule has 0 aliphatic carbocycles. The van der Waals surface area contributed by atoms with Crippen molar-refractivity contribution in [1.82, 2.24) is 24.6 Å². The van der Waals surface area contributed by atoms with Crippen LogP contribution in [0.15, 0.2) is 18.5 Å². The van der Waals surface area contributed by atoms with Gasteiger partial charge in [0.15, 0.2) is 0 Å². The van der Waals surface area contributed by atoms with E-state index in [-0.39, 0.29) is 11.9 Å². The zero-order valence-corrected chi connectivity index (χ0v) is 14.5. The Bertz CT molecular complexity index is 711. The second-order valence-electron chi connectivity index (χ2n) is 6.20. The van der Waals surface area contributed by atoms with Crippen molar-refractivity contribution in [3.05, 3.63) is 35.4 Å². The number of hydrogen-bond acceptors (Lipinski definition) is 5. The lowest BCUT2D eigenvalue weighted by molar-refractivity contribution is -0.131. The van der Waals surface area contributed by atoms with Crippen LogP contribution in [0.25, 0.3) is 0 Å². The molecule has 0 saturated carbocycles. The van der Waals surface area contributed by atoms with Crippen LogP contribution in [-0.4, -0.2) is 43.6 Å². The summed E-state index contributed by atoms with van der Waals surface area (Å²) >= 11 is 0. The lowest BCUT2D eigenvalue weighted by atomic mass is 10.0. The molecule has 3 rings (SSSR count). The molecule has 0 radical (unpaired) electrons. The van der Waals surface area contributed by atoms with Gasteiger partial charge >= 0.3 is 0 Å². The molecule has 1 atom stereocenters. The first-order chi connectivity index (χ1) is 11.6. The van der Waals surface area contributed by atoms with E-state index in [0.29, 0.717) is 18.9 Å². The maximum Gasteiger partial charge on any atom is 0.224 e. The van der Waals surface area contributed by atoms with E-state index in [1.54, 1.807) is 18.5 Å². The first-order valence-electron chi connectivity index (χ1n) is 8.38. The maximum absolute atomic E-state index is 12.7. The molecule has 1 amide bonds. The predicted octanol–water partition coefficient (Wildman–Crippen LogP) is 1.99. The molecule has 24 heavy (non-hydrogen) atoms. The van der Waals surface area contributed by atoms with Crippen molar-refractivity contribution in [2.24, 2.45) is 7.05 Å². The van der Waals surface area contributed by atoms with Crippen LogP contribution in [0.2, 0.25) is 0 Å². The molecule has 1 saturated heterocycles. The van der Waals surface area contributed by atoms with E-state index in [1.165, 1.54) is 5.56 Å². The summed E-state index contributed by atoms with van der Waals surface area (Å²) in [6, 6.07) is 1.92. The molecule has 0 bridgehead atoms. The Morgan fingerprint density at radius 2 is 2.08 bits per heavy atom. The van der Waals surface area contributed by atoms with Crippen LogP contribution in [-0.2, 0) is 11.8 Å². The van der Waals surface area contributed by atoms with Gasteiger partial charge in [0, 0.05) is 50.2 Å². The quantitative estimate of drug-likeness (QED) is 0.908. The number of anilines is 1. The summed E-state index contributed by atoms with van der Waals surface area (Å²) in [5, 5.41) is 7.59. The Kier molecular flexibility index (Phi) is 4.78. The van der Waals surface area contributed by atoms with Crippen molar-refractivity contribution in [2.75, 3.05) is 18.4 Å². The largest absolute Gasteiger partial charge is 0.354 e. The van der Waals surface area contributed by atoms with Crippen LogP contribution in [0.4, 0.5) is 5.95 Å². The van der Waals surface area contributed by atoms with Crippen molar-refractivity contribution >= 4 is 11.9 Å². The van der Waals surface area contributed by atoms with Crippen LogP contribution in [0.3, 0.4) is 0 Å². The highest BCUT2D eigenvalue weighted by atomic mass is 16.2. The van der Waals surface area contributed by atoms with Gasteiger partial charge in [0.05, 0.1) is 11.7 Å². The maximum atomic E-state index is 12.7. The monoisotopic (exact) mass is 328 g/mol. The van der Waals surface area contributed by atoms with E-state index in [0.717, 1.165) is 30.8 Å². The number of nitrogens with one attached hydrogen (secondary N) is 1. The second-order valence-corrected chi connectivity index (χ2v) is 6.20. The molecule has 0 aromatic carbocycles. The first kappa shape index (κ1) is 16.4. The van der Waals surface area contributed by atoms with Crippen molar-refractivity contribution in [3.63, 3.8) is 0 Å². The predicted molar refractivity (Wildman–Crippen MR) is 91.5 cm³/mol. The van der Waals surface area contributed by atoms with E-state index < -0.39 is 0 Å². The summed E-state index contributed by atoms with van der Waals surface area (Å²) in [5.41, 5.74) is 3.38. The molecule has 0 spiro atoms. The second kappa shape index (κ2) is 6.98. The van der Waals surface area contributed by atoms with Crippen molar-refractivity contribution in [3.8, 4) is 0 Å². The Morgan fingerprint density at radius 1 is 1.33 bits per heavy atom. The molecule has 3 heterocycles. The number of carbonyl (C=O) groups excluding carboxylic acids is 1. The van der Waals surface area contributed by atoms with Gasteiger partial charge in [-0.1, -0.05) is 0 Å². The summed E-state index contributed by atoms with van der Waals surface area (Å²) < 4.78 is 1.90. The van der Waals surface area contributed by atoms with Gasteiger partial charge in [0.25, 0.3) is 0 Å². The number of aryl methyl sites for hydroxylation is 2. The van der Waals surface area contributed by atoms with Gasteiger partial charge in [-0.2, -0.15) is 5.10 Å². The van der Waals surface area contributed by atoms with Gasteiger partial charge in [0.2, 0.25) is 11.9 Å². The standard InChI is InChI=1S/C17H24N6O/c1-12-16(13(2)22(3)21-12)14-6-4-11-23(14)15(24)7-10-20-17-18-8-5-9-19-17/h5,8-9,14H,4,6-7,10-11H2,1-3H3,(H,18,19,20). The number of amides is 1. The third-order valence-electron chi connectivity index (χ3n) is 4.66.